The molecular weight excluding hydrogens is 448 g/mol. The predicted molar refractivity (Wildman–Crippen MR) is 127 cm³/mol. The zero-order valence-corrected chi connectivity index (χ0v) is 18.2. The molecule has 0 atom stereocenters. The van der Waals surface area contributed by atoms with Crippen molar-refractivity contribution in [1.82, 2.24) is 15.0 Å². The molecule has 4 aromatic rings. The van der Waals surface area contributed by atoms with Crippen LogP contribution in [0.2, 0.25) is 5.02 Å². The number of fused-ring (bicyclic) bond motifs is 1. The van der Waals surface area contributed by atoms with Crippen molar-refractivity contribution in [2.75, 3.05) is 5.75 Å². The van der Waals surface area contributed by atoms with Crippen LogP contribution in [0.15, 0.2) is 92.5 Å². The first-order chi connectivity index (χ1) is 15.6. The zero-order chi connectivity index (χ0) is 22.3. The maximum absolute atomic E-state index is 13.2. The number of thioether (sulfide) groups is 1. The molecule has 9 heteroatoms. The van der Waals surface area contributed by atoms with E-state index in [1.165, 1.54) is 10.8 Å². The van der Waals surface area contributed by atoms with Gasteiger partial charge in [0.05, 0.1) is 28.6 Å². The maximum Gasteiger partial charge on any atom is 0.266 e. The molecule has 160 valence electrons. The molecule has 1 amide bonds. The minimum atomic E-state index is -0.331. The van der Waals surface area contributed by atoms with Crippen LogP contribution >= 0.6 is 23.4 Å². The van der Waals surface area contributed by atoms with E-state index in [4.69, 9.17) is 16.0 Å². The number of nitrogens with one attached hydrogen (secondary N) is 1. The Hall–Kier alpha value is -3.62. The van der Waals surface area contributed by atoms with E-state index in [0.29, 0.717) is 32.5 Å². The van der Waals surface area contributed by atoms with E-state index >= 15 is 0 Å². The number of hydrogen-bond acceptors (Lipinski definition) is 6. The molecule has 0 aliphatic heterocycles. The summed E-state index contributed by atoms with van der Waals surface area (Å²) in [7, 11) is 0. The van der Waals surface area contributed by atoms with E-state index in [1.807, 2.05) is 6.07 Å². The van der Waals surface area contributed by atoms with Crippen LogP contribution < -0.4 is 11.0 Å². The highest BCUT2D eigenvalue weighted by Gasteiger charge is 2.14. The van der Waals surface area contributed by atoms with Crippen molar-refractivity contribution in [1.29, 1.82) is 0 Å². The first-order valence-electron chi connectivity index (χ1n) is 9.54. The Balaban J connectivity index is 1.51. The highest BCUT2D eigenvalue weighted by Crippen LogP contribution is 2.22. The maximum atomic E-state index is 13.2. The van der Waals surface area contributed by atoms with Gasteiger partial charge in [0.25, 0.3) is 11.5 Å². The van der Waals surface area contributed by atoms with Crippen LogP contribution in [0.25, 0.3) is 22.7 Å². The number of carbonyl (C=O) groups excluding carboxylic acids is 1. The number of allylic oxidation sites excluding steroid dienone is 1. The van der Waals surface area contributed by atoms with E-state index in [1.54, 1.807) is 73.0 Å². The molecule has 7 nitrogen and oxygen atoms in total. The zero-order valence-electron chi connectivity index (χ0n) is 16.6. The highest BCUT2D eigenvalue weighted by atomic mass is 35.5. The molecule has 0 aliphatic rings. The van der Waals surface area contributed by atoms with Crippen LogP contribution in [-0.2, 0) is 4.79 Å². The molecule has 1 N–H and O–H groups in total. The smallest absolute Gasteiger partial charge is 0.266 e. The van der Waals surface area contributed by atoms with Gasteiger partial charge >= 0.3 is 0 Å². The Labute approximate surface area is 192 Å². The van der Waals surface area contributed by atoms with Crippen LogP contribution in [-0.4, -0.2) is 27.4 Å². The van der Waals surface area contributed by atoms with Crippen LogP contribution in [0.5, 0.6) is 0 Å². The number of hydrogen-bond donors (Lipinski definition) is 1. The Morgan fingerprint density at radius 2 is 1.97 bits per heavy atom. The Bertz CT molecular complexity index is 1350. The van der Waals surface area contributed by atoms with Gasteiger partial charge in [0, 0.05) is 11.2 Å². The second-order valence-electron chi connectivity index (χ2n) is 6.50. The fourth-order valence-electron chi connectivity index (χ4n) is 2.87. The van der Waals surface area contributed by atoms with Gasteiger partial charge in [-0.1, -0.05) is 35.5 Å². The van der Waals surface area contributed by atoms with E-state index in [9.17, 15) is 9.59 Å². The van der Waals surface area contributed by atoms with Crippen molar-refractivity contribution in [3.8, 4) is 5.69 Å². The molecule has 2 aromatic heterocycles. The second-order valence-corrected chi connectivity index (χ2v) is 7.88. The van der Waals surface area contributed by atoms with Crippen molar-refractivity contribution in [2.45, 2.75) is 5.16 Å². The Morgan fingerprint density at radius 3 is 2.75 bits per heavy atom. The Morgan fingerprint density at radius 1 is 1.16 bits per heavy atom. The molecule has 0 aliphatic carbocycles. The third kappa shape index (κ3) is 5.16. The first kappa shape index (κ1) is 21.6. The summed E-state index contributed by atoms with van der Waals surface area (Å²) >= 11 is 7.14. The molecule has 0 fully saturated rings. The lowest BCUT2D eigenvalue weighted by molar-refractivity contribution is -0.118. The average molecular weight is 465 g/mol. The molecule has 0 saturated carbocycles. The number of halogens is 1. The normalized spacial score (nSPS) is 11.5. The number of carbonyl (C=O) groups is 1. The van der Waals surface area contributed by atoms with Gasteiger partial charge in [-0.05, 0) is 60.7 Å². The number of para-hydroxylation sites is 1. The number of benzene rings is 2. The van der Waals surface area contributed by atoms with Gasteiger partial charge < -0.3 is 4.42 Å². The van der Waals surface area contributed by atoms with Crippen LogP contribution in [0.3, 0.4) is 0 Å². The summed E-state index contributed by atoms with van der Waals surface area (Å²) < 4.78 is 6.64. The topological polar surface area (TPSA) is 89.5 Å². The molecule has 0 spiro atoms. The van der Waals surface area contributed by atoms with Crippen molar-refractivity contribution >= 4 is 52.5 Å². The van der Waals surface area contributed by atoms with Gasteiger partial charge in [-0.2, -0.15) is 5.10 Å². The van der Waals surface area contributed by atoms with Gasteiger partial charge in [0.15, 0.2) is 5.16 Å². The van der Waals surface area contributed by atoms with Crippen molar-refractivity contribution in [2.24, 2.45) is 5.10 Å². The number of furan rings is 1. The summed E-state index contributed by atoms with van der Waals surface area (Å²) in [5, 5.41) is 5.32. The van der Waals surface area contributed by atoms with Crippen LogP contribution in [0.1, 0.15) is 5.76 Å². The SMILES string of the molecule is O=C(CSc1nc2ccccc2c(=O)n1-c1ccc(Cl)cc1)N/N=C\C=C\c1ccco1. The molecule has 2 heterocycles. The van der Waals surface area contributed by atoms with Crippen molar-refractivity contribution in [3.05, 3.63) is 94.1 Å². The highest BCUT2D eigenvalue weighted by molar-refractivity contribution is 7.99. The van der Waals surface area contributed by atoms with Gasteiger partial charge in [-0.3, -0.25) is 14.2 Å². The molecule has 0 unspecified atom stereocenters. The average Bonchev–Trinajstić information content (AvgIpc) is 3.32. The van der Waals surface area contributed by atoms with Crippen LogP contribution in [0, 0.1) is 0 Å². The van der Waals surface area contributed by atoms with E-state index in [0.717, 1.165) is 11.8 Å². The van der Waals surface area contributed by atoms with Gasteiger partial charge in [0.2, 0.25) is 0 Å². The first-order valence-corrected chi connectivity index (χ1v) is 10.9. The molecule has 4 rings (SSSR count). The fourth-order valence-corrected chi connectivity index (χ4v) is 3.80. The lowest BCUT2D eigenvalue weighted by Crippen LogP contribution is -2.24. The summed E-state index contributed by atoms with van der Waals surface area (Å²) in [5.41, 5.74) is 3.40. The molecule has 0 radical (unpaired) electrons. The van der Waals surface area contributed by atoms with Crippen molar-refractivity contribution < 1.29 is 9.21 Å². The summed E-state index contributed by atoms with van der Waals surface area (Å²) in [4.78, 5) is 30.0. The standard InChI is InChI=1S/C23H17ClN4O3S/c24-16-9-11-17(12-10-16)28-22(30)19-7-1-2-8-20(19)26-23(28)32-15-21(29)27-25-13-3-5-18-6-4-14-31-18/h1-14H,15H2,(H,27,29)/b5-3+,25-13-. The lowest BCUT2D eigenvalue weighted by Gasteiger charge is -2.13. The number of nitrogens with zero attached hydrogens (tertiary/aromatic N) is 3. The van der Waals surface area contributed by atoms with Crippen molar-refractivity contribution in [3.63, 3.8) is 0 Å². The molecule has 0 bridgehead atoms. The fraction of sp³-hybridized carbons (Fsp3) is 0.0435. The minimum Gasteiger partial charge on any atom is -0.465 e. The second kappa shape index (κ2) is 10.1. The third-order valence-corrected chi connectivity index (χ3v) is 5.51. The summed E-state index contributed by atoms with van der Waals surface area (Å²) in [5.74, 6) is 0.376. The number of amides is 1. The molecular formula is C23H17ClN4O3S. The predicted octanol–water partition coefficient (Wildman–Crippen LogP) is 4.54. The number of aromatic nitrogens is 2. The summed E-state index contributed by atoms with van der Waals surface area (Å²) in [6.07, 6.45) is 6.38. The third-order valence-electron chi connectivity index (χ3n) is 4.32. The van der Waals surface area contributed by atoms with E-state index in [2.05, 4.69) is 15.5 Å². The van der Waals surface area contributed by atoms with E-state index < -0.39 is 0 Å². The summed E-state index contributed by atoms with van der Waals surface area (Å²) in [6, 6.07) is 17.5. The lowest BCUT2D eigenvalue weighted by atomic mass is 10.2. The van der Waals surface area contributed by atoms with Gasteiger partial charge in [-0.25, -0.2) is 10.4 Å². The Kier molecular flexibility index (Phi) is 6.84. The summed E-state index contributed by atoms with van der Waals surface area (Å²) in [6.45, 7) is 0. The minimum absolute atomic E-state index is 0.0254. The molecule has 0 saturated heterocycles. The molecule has 2 aromatic carbocycles. The quantitative estimate of drug-likeness (QED) is 0.188. The number of hydrazone groups is 1. The van der Waals surface area contributed by atoms with Gasteiger partial charge in [0.1, 0.15) is 5.76 Å². The largest absolute Gasteiger partial charge is 0.465 e. The van der Waals surface area contributed by atoms with Crippen LogP contribution in [0.4, 0.5) is 0 Å². The monoisotopic (exact) mass is 464 g/mol. The number of rotatable bonds is 7. The van der Waals surface area contributed by atoms with Gasteiger partial charge in [-0.15, -0.1) is 0 Å². The van der Waals surface area contributed by atoms with E-state index in [-0.39, 0.29) is 17.2 Å². The molecule has 32 heavy (non-hydrogen) atoms.